The molecule has 7 atom stereocenters. The Hall–Kier alpha value is -2.20. The van der Waals surface area contributed by atoms with E-state index in [0.717, 1.165) is 43.5 Å². The Morgan fingerprint density at radius 3 is 2.89 bits per heavy atom. The summed E-state index contributed by atoms with van der Waals surface area (Å²) < 4.78 is 5.16. The summed E-state index contributed by atoms with van der Waals surface area (Å²) >= 11 is 1.17. The fraction of sp³-hybridized carbons (Fsp3) is 0.640. The summed E-state index contributed by atoms with van der Waals surface area (Å²) in [6, 6.07) is 7.62. The van der Waals surface area contributed by atoms with E-state index < -0.39 is 6.04 Å². The largest absolute Gasteiger partial charge is 0.330 e. The van der Waals surface area contributed by atoms with Crippen molar-refractivity contribution in [1.29, 1.82) is 5.26 Å². The van der Waals surface area contributed by atoms with Gasteiger partial charge >= 0.3 is 0 Å². The highest BCUT2D eigenvalue weighted by Crippen LogP contribution is 2.48. The van der Waals surface area contributed by atoms with Crippen molar-refractivity contribution in [3.63, 3.8) is 0 Å². The zero-order valence-electron chi connectivity index (χ0n) is 20.6. The second kappa shape index (κ2) is 9.28. The number of carbonyl (C=O) groups excluding carboxylic acids is 2. The fourth-order valence-electron chi connectivity index (χ4n) is 6.74. The molecule has 4 fully saturated rings. The van der Waals surface area contributed by atoms with Crippen LogP contribution in [0.2, 0.25) is 0 Å². The van der Waals surface area contributed by atoms with Crippen LogP contribution < -0.4 is 5.73 Å². The third kappa shape index (κ3) is 4.10. The van der Waals surface area contributed by atoms with E-state index in [0.29, 0.717) is 12.5 Å². The molecule has 1 saturated carbocycles. The molecule has 0 spiro atoms. The molecule has 10 nitrogen and oxygen atoms in total. The van der Waals surface area contributed by atoms with Gasteiger partial charge in [-0.2, -0.15) is 10.3 Å². The monoisotopic (exact) mass is 512 g/mol. The summed E-state index contributed by atoms with van der Waals surface area (Å²) in [5.74, 6) is 0.465. The maximum absolute atomic E-state index is 13.5. The average Bonchev–Trinajstić information content (AvgIpc) is 3.18. The highest BCUT2D eigenvalue weighted by Gasteiger charge is 2.56. The highest BCUT2D eigenvalue weighted by molar-refractivity contribution is 7.94. The van der Waals surface area contributed by atoms with Gasteiger partial charge in [0.15, 0.2) is 0 Å². The molecule has 2 N–H and O–H groups in total. The molecule has 5 aliphatic rings. The maximum atomic E-state index is 13.5. The number of hydroxylamine groups is 2. The predicted octanol–water partition coefficient (Wildman–Crippen LogP) is 1.23. The first-order chi connectivity index (χ1) is 17.4. The van der Waals surface area contributed by atoms with Gasteiger partial charge in [0.25, 0.3) is 0 Å². The van der Waals surface area contributed by atoms with Crippen LogP contribution in [0.4, 0.5) is 0 Å². The van der Waals surface area contributed by atoms with Crippen molar-refractivity contribution in [3.8, 4) is 6.07 Å². The zero-order chi connectivity index (χ0) is 25.1. The molecule has 36 heavy (non-hydrogen) atoms. The molecule has 1 aromatic rings. The molecule has 1 unspecified atom stereocenters. The van der Waals surface area contributed by atoms with Gasteiger partial charge in [0.1, 0.15) is 6.04 Å². The molecule has 2 amide bonds. The van der Waals surface area contributed by atoms with Crippen LogP contribution in [-0.4, -0.2) is 89.0 Å². The number of nitrogens with zero attached hydrogens (tertiary/aromatic N) is 5. The van der Waals surface area contributed by atoms with Gasteiger partial charge in [0.2, 0.25) is 11.8 Å². The first kappa shape index (κ1) is 24.2. The van der Waals surface area contributed by atoms with Crippen molar-refractivity contribution >= 4 is 23.9 Å². The van der Waals surface area contributed by atoms with Crippen LogP contribution in [0, 0.1) is 17.2 Å². The van der Waals surface area contributed by atoms with Crippen molar-refractivity contribution in [1.82, 2.24) is 19.8 Å². The molecule has 11 heteroatoms. The Morgan fingerprint density at radius 2 is 2.14 bits per heavy atom. The van der Waals surface area contributed by atoms with Crippen LogP contribution in [0.25, 0.3) is 0 Å². The van der Waals surface area contributed by atoms with E-state index in [1.54, 1.807) is 19.0 Å². The van der Waals surface area contributed by atoms with Gasteiger partial charge < -0.3 is 15.5 Å². The van der Waals surface area contributed by atoms with Crippen LogP contribution in [0.1, 0.15) is 42.9 Å². The van der Waals surface area contributed by atoms with E-state index in [1.165, 1.54) is 28.2 Å². The number of nitrogens with two attached hydrogens (primary N) is 1. The number of hydrogen-bond donors (Lipinski definition) is 1. The maximum Gasteiger partial charge on any atom is 0.242 e. The zero-order valence-corrected chi connectivity index (χ0v) is 21.4. The lowest BCUT2D eigenvalue weighted by Crippen LogP contribution is -2.57. The Morgan fingerprint density at radius 1 is 1.31 bits per heavy atom. The standard InChI is InChI=1S/C25H32N6O4S/c1-28(2)34-35-36-18-4-5-19-14(8-18)3-6-21(19)31-17-10-23(25(31)33)29(12-17)13-20(27)24(32)30-16(11-26)7-15-9-22(15)30/h4-5,8,15-17,20-23H,3,6-7,9-10,12-13,27H2,1-2H3/t15-,16+,17?,20+,21+,22+,23-/m1/s1. The van der Waals surface area contributed by atoms with Crippen LogP contribution in [0.5, 0.6) is 0 Å². The second-order valence-electron chi connectivity index (χ2n) is 10.9. The molecule has 6 rings (SSSR count). The number of benzene rings is 1. The topological polar surface area (TPSA) is 115 Å². The Balaban J connectivity index is 1.08. The number of likely N-dealkylation sites (tertiary alicyclic amines) is 3. The lowest BCUT2D eigenvalue weighted by atomic mass is 10.1. The van der Waals surface area contributed by atoms with Crippen LogP contribution in [0.3, 0.4) is 0 Å². The van der Waals surface area contributed by atoms with E-state index >= 15 is 0 Å². The molecule has 1 aromatic carbocycles. The number of rotatable bonds is 8. The minimum absolute atomic E-state index is 0.0886. The van der Waals surface area contributed by atoms with Crippen molar-refractivity contribution < 1.29 is 18.9 Å². The lowest BCUT2D eigenvalue weighted by Gasteiger charge is -2.38. The highest BCUT2D eigenvalue weighted by atomic mass is 32.2. The third-order valence-electron chi connectivity index (χ3n) is 8.38. The molecular weight excluding hydrogens is 480 g/mol. The van der Waals surface area contributed by atoms with Gasteiger partial charge in [0, 0.05) is 44.2 Å². The molecule has 3 heterocycles. The predicted molar refractivity (Wildman–Crippen MR) is 131 cm³/mol. The van der Waals surface area contributed by atoms with E-state index in [-0.39, 0.29) is 42.0 Å². The van der Waals surface area contributed by atoms with E-state index in [4.69, 9.17) is 15.1 Å². The van der Waals surface area contributed by atoms with Gasteiger partial charge in [-0.3, -0.25) is 14.5 Å². The van der Waals surface area contributed by atoms with E-state index in [2.05, 4.69) is 28.0 Å². The van der Waals surface area contributed by atoms with Crippen molar-refractivity contribution in [3.05, 3.63) is 29.3 Å². The van der Waals surface area contributed by atoms with Crippen LogP contribution in [0.15, 0.2) is 23.1 Å². The first-order valence-electron chi connectivity index (χ1n) is 12.7. The minimum atomic E-state index is -0.706. The van der Waals surface area contributed by atoms with Crippen molar-refractivity contribution in [2.75, 3.05) is 27.2 Å². The number of nitriles is 1. The number of aryl methyl sites for hydroxylation is 1. The molecule has 2 aliphatic carbocycles. The third-order valence-corrected chi connectivity index (χ3v) is 8.95. The molecular formula is C25H32N6O4S. The normalized spacial score (nSPS) is 33.2. The van der Waals surface area contributed by atoms with E-state index in [9.17, 15) is 14.9 Å². The first-order valence-corrected chi connectivity index (χ1v) is 13.4. The summed E-state index contributed by atoms with van der Waals surface area (Å²) in [5.41, 5.74) is 8.80. The van der Waals surface area contributed by atoms with Gasteiger partial charge in [-0.25, -0.2) is 0 Å². The summed E-state index contributed by atoms with van der Waals surface area (Å²) in [4.78, 5) is 38.4. The number of piperidine rings is 1. The average molecular weight is 513 g/mol. The number of amides is 2. The molecule has 0 radical (unpaired) electrons. The van der Waals surface area contributed by atoms with Gasteiger partial charge in [-0.05, 0) is 61.3 Å². The lowest BCUT2D eigenvalue weighted by molar-refractivity contribution is -0.340. The van der Waals surface area contributed by atoms with Gasteiger partial charge in [-0.1, -0.05) is 6.07 Å². The van der Waals surface area contributed by atoms with Gasteiger partial charge in [-0.15, -0.1) is 9.32 Å². The molecule has 2 bridgehead atoms. The van der Waals surface area contributed by atoms with Crippen molar-refractivity contribution in [2.45, 2.75) is 73.3 Å². The quantitative estimate of drug-likeness (QED) is 0.312. The number of hydrogen-bond acceptors (Lipinski definition) is 9. The molecule has 192 valence electrons. The van der Waals surface area contributed by atoms with Gasteiger partial charge in [0.05, 0.1) is 36.2 Å². The van der Waals surface area contributed by atoms with Crippen LogP contribution >= 0.6 is 12.0 Å². The number of fused-ring (bicyclic) bond motifs is 4. The Bertz CT molecular complexity index is 1110. The smallest absolute Gasteiger partial charge is 0.242 e. The summed E-state index contributed by atoms with van der Waals surface area (Å²) in [5, 5.41) is 10.9. The molecule has 3 saturated heterocycles. The number of carbonyl (C=O) groups is 2. The number of piperazine rings is 1. The fourth-order valence-corrected chi connectivity index (χ4v) is 7.28. The van der Waals surface area contributed by atoms with E-state index in [1.807, 2.05) is 6.07 Å². The summed E-state index contributed by atoms with van der Waals surface area (Å²) in [6.45, 7) is 1.10. The second-order valence-corrected chi connectivity index (χ2v) is 11.6. The Labute approximate surface area is 215 Å². The SMILES string of the molecule is CN(C)OOSc1ccc2c(c1)CC[C@@H]2N1C(=O)[C@H]2CC1CN2C[C@H](N)C(=O)N1[C@H](C#N)C[C@@H]2C[C@@H]21. The minimum Gasteiger partial charge on any atom is -0.330 e. The van der Waals surface area contributed by atoms with Crippen molar-refractivity contribution in [2.24, 2.45) is 11.7 Å². The summed E-state index contributed by atoms with van der Waals surface area (Å²) in [6.07, 6.45) is 4.37. The molecule has 3 aliphatic heterocycles. The van der Waals surface area contributed by atoms with Crippen LogP contribution in [-0.2, 0) is 25.3 Å². The summed E-state index contributed by atoms with van der Waals surface area (Å²) in [7, 11) is 3.50. The molecule has 0 aromatic heterocycles. The Kier molecular flexibility index (Phi) is 6.22.